The molecule has 0 bridgehead atoms. The number of hydrogen-bond donors (Lipinski definition) is 1. The van der Waals surface area contributed by atoms with Gasteiger partial charge in [-0.25, -0.2) is 0 Å². The summed E-state index contributed by atoms with van der Waals surface area (Å²) in [6.07, 6.45) is 2.13. The molecule has 0 unspecified atom stereocenters. The topological polar surface area (TPSA) is 49.6 Å². The highest BCUT2D eigenvalue weighted by Crippen LogP contribution is 2.31. The molecule has 0 aromatic rings. The van der Waals surface area contributed by atoms with Crippen molar-refractivity contribution < 1.29 is 4.79 Å². The van der Waals surface area contributed by atoms with Crippen LogP contribution in [0.15, 0.2) is 0 Å². The zero-order chi connectivity index (χ0) is 14.8. The van der Waals surface area contributed by atoms with E-state index in [2.05, 4.69) is 11.8 Å². The van der Waals surface area contributed by atoms with Gasteiger partial charge in [0.2, 0.25) is 5.91 Å². The fourth-order valence-electron chi connectivity index (χ4n) is 2.51. The van der Waals surface area contributed by atoms with Crippen LogP contribution in [0.5, 0.6) is 0 Å². The minimum Gasteiger partial charge on any atom is -0.342 e. The van der Waals surface area contributed by atoms with Gasteiger partial charge in [0.1, 0.15) is 0 Å². The van der Waals surface area contributed by atoms with Crippen LogP contribution in [-0.4, -0.2) is 54.0 Å². The van der Waals surface area contributed by atoms with Gasteiger partial charge in [-0.05, 0) is 47.1 Å². The molecule has 1 aliphatic heterocycles. The van der Waals surface area contributed by atoms with Crippen LogP contribution in [0.3, 0.4) is 0 Å². The summed E-state index contributed by atoms with van der Waals surface area (Å²) in [7, 11) is 1.93. The lowest BCUT2D eigenvalue weighted by Crippen LogP contribution is -2.58. The Hall–Kier alpha value is -0.610. The molecule has 112 valence electrons. The van der Waals surface area contributed by atoms with Crippen LogP contribution in [0, 0.1) is 5.41 Å². The highest BCUT2D eigenvalue weighted by molar-refractivity contribution is 5.83. The molecule has 1 aliphatic rings. The Morgan fingerprint density at radius 1 is 1.26 bits per heavy atom. The number of carbonyl (C=O) groups is 1. The molecule has 0 radical (unpaired) electrons. The first-order valence-corrected chi connectivity index (χ1v) is 7.39. The molecule has 0 spiro atoms. The van der Waals surface area contributed by atoms with Crippen LogP contribution >= 0.6 is 0 Å². The molecule has 1 saturated heterocycles. The second-order valence-electron chi connectivity index (χ2n) is 6.93. The van der Waals surface area contributed by atoms with Crippen molar-refractivity contribution >= 4 is 5.91 Å². The van der Waals surface area contributed by atoms with Crippen LogP contribution in [-0.2, 0) is 4.79 Å². The fraction of sp³-hybridized carbons (Fsp3) is 0.933. The van der Waals surface area contributed by atoms with Crippen molar-refractivity contribution in [3.8, 4) is 0 Å². The second kappa shape index (κ2) is 5.80. The second-order valence-corrected chi connectivity index (χ2v) is 6.93. The molecule has 1 fully saturated rings. The van der Waals surface area contributed by atoms with E-state index in [1.165, 1.54) is 0 Å². The van der Waals surface area contributed by atoms with Gasteiger partial charge in [0, 0.05) is 31.7 Å². The largest absolute Gasteiger partial charge is 0.342 e. The minimum atomic E-state index is -0.538. The highest BCUT2D eigenvalue weighted by atomic mass is 16.2. The van der Waals surface area contributed by atoms with E-state index in [9.17, 15) is 4.79 Å². The summed E-state index contributed by atoms with van der Waals surface area (Å²) in [5, 5.41) is 0. The lowest BCUT2D eigenvalue weighted by atomic mass is 9.74. The van der Waals surface area contributed by atoms with E-state index in [0.29, 0.717) is 6.04 Å². The van der Waals surface area contributed by atoms with E-state index in [1.54, 1.807) is 0 Å². The first kappa shape index (κ1) is 16.4. The molecule has 4 heteroatoms. The van der Waals surface area contributed by atoms with Gasteiger partial charge in [-0.15, -0.1) is 0 Å². The molecule has 0 saturated carbocycles. The zero-order valence-electron chi connectivity index (χ0n) is 13.5. The van der Waals surface area contributed by atoms with Gasteiger partial charge in [-0.2, -0.15) is 0 Å². The van der Waals surface area contributed by atoms with Crippen LogP contribution in [0.25, 0.3) is 0 Å². The molecule has 0 aromatic heterocycles. The summed E-state index contributed by atoms with van der Waals surface area (Å²) in [4.78, 5) is 17.1. The lowest BCUT2D eigenvalue weighted by molar-refractivity contribution is -0.145. The smallest absolute Gasteiger partial charge is 0.230 e. The van der Waals surface area contributed by atoms with Gasteiger partial charge in [-0.1, -0.05) is 6.92 Å². The Balaban J connectivity index is 2.68. The summed E-state index contributed by atoms with van der Waals surface area (Å²) < 4.78 is 0. The van der Waals surface area contributed by atoms with Gasteiger partial charge < -0.3 is 15.5 Å². The molecule has 4 nitrogen and oxygen atoms in total. The Kier molecular flexibility index (Phi) is 5.02. The number of carbonyl (C=O) groups excluding carboxylic acids is 1. The first-order chi connectivity index (χ1) is 8.61. The van der Waals surface area contributed by atoms with Crippen molar-refractivity contribution in [3.05, 3.63) is 0 Å². The minimum absolute atomic E-state index is 0.162. The van der Waals surface area contributed by atoms with Gasteiger partial charge >= 0.3 is 0 Å². The van der Waals surface area contributed by atoms with E-state index in [0.717, 1.165) is 32.5 Å². The average molecular weight is 269 g/mol. The van der Waals surface area contributed by atoms with Crippen molar-refractivity contribution in [3.63, 3.8) is 0 Å². The molecule has 0 aliphatic carbocycles. The summed E-state index contributed by atoms with van der Waals surface area (Å²) in [6.45, 7) is 13.2. The Labute approximate surface area is 118 Å². The molecule has 2 N–H and O–H groups in total. The number of likely N-dealkylation sites (tertiary alicyclic amines) is 1. The monoisotopic (exact) mass is 269 g/mol. The number of amides is 1. The predicted octanol–water partition coefficient (Wildman–Crippen LogP) is 1.69. The van der Waals surface area contributed by atoms with Gasteiger partial charge in [0.05, 0.1) is 5.41 Å². The molecule has 1 heterocycles. The number of rotatable bonds is 4. The van der Waals surface area contributed by atoms with Crippen LogP contribution in [0.1, 0.15) is 47.5 Å². The quantitative estimate of drug-likeness (QED) is 0.845. The van der Waals surface area contributed by atoms with Crippen LogP contribution < -0.4 is 5.73 Å². The number of hydrogen-bond acceptors (Lipinski definition) is 3. The highest BCUT2D eigenvalue weighted by Gasteiger charge is 2.43. The molecule has 1 rings (SSSR count). The Bertz CT molecular complexity index is 312. The third-order valence-electron chi connectivity index (χ3n) is 5.02. The SMILES string of the molecule is CCN1CCC(N(C)C(=O)C(C)(C)C(C)(C)N)CC1. The summed E-state index contributed by atoms with van der Waals surface area (Å²) in [6, 6.07) is 0.358. The number of piperidine rings is 1. The van der Waals surface area contributed by atoms with E-state index >= 15 is 0 Å². The molecule has 1 amide bonds. The fourth-order valence-corrected chi connectivity index (χ4v) is 2.51. The van der Waals surface area contributed by atoms with Crippen molar-refractivity contribution in [2.45, 2.75) is 59.0 Å². The maximum Gasteiger partial charge on any atom is 0.230 e. The third-order valence-corrected chi connectivity index (χ3v) is 5.02. The van der Waals surface area contributed by atoms with Crippen molar-refractivity contribution in [1.82, 2.24) is 9.80 Å². The maximum atomic E-state index is 12.7. The molecular weight excluding hydrogens is 238 g/mol. The molecule has 0 aromatic carbocycles. The lowest BCUT2D eigenvalue weighted by Gasteiger charge is -2.43. The van der Waals surface area contributed by atoms with E-state index in [-0.39, 0.29) is 5.91 Å². The number of nitrogens with two attached hydrogens (primary N) is 1. The van der Waals surface area contributed by atoms with E-state index < -0.39 is 11.0 Å². The Morgan fingerprint density at radius 3 is 2.11 bits per heavy atom. The predicted molar refractivity (Wildman–Crippen MR) is 80.0 cm³/mol. The first-order valence-electron chi connectivity index (χ1n) is 7.39. The third kappa shape index (κ3) is 3.48. The summed E-state index contributed by atoms with van der Waals surface area (Å²) in [5.41, 5.74) is 5.12. The summed E-state index contributed by atoms with van der Waals surface area (Å²) in [5.74, 6) is 0.162. The van der Waals surface area contributed by atoms with Gasteiger partial charge in [0.15, 0.2) is 0 Å². The van der Waals surface area contributed by atoms with E-state index in [1.807, 2.05) is 39.6 Å². The van der Waals surface area contributed by atoms with Crippen molar-refractivity contribution in [1.29, 1.82) is 0 Å². The number of nitrogens with zero attached hydrogens (tertiary/aromatic N) is 2. The van der Waals surface area contributed by atoms with Crippen LogP contribution in [0.4, 0.5) is 0 Å². The molecular formula is C15H31N3O. The maximum absolute atomic E-state index is 12.7. The normalized spacial score (nSPS) is 19.5. The van der Waals surface area contributed by atoms with E-state index in [4.69, 9.17) is 5.73 Å². The zero-order valence-corrected chi connectivity index (χ0v) is 13.5. The average Bonchev–Trinajstić information content (AvgIpc) is 2.35. The van der Waals surface area contributed by atoms with Gasteiger partial charge in [-0.3, -0.25) is 4.79 Å². The van der Waals surface area contributed by atoms with Crippen molar-refractivity contribution in [2.75, 3.05) is 26.7 Å². The Morgan fingerprint density at radius 2 is 1.74 bits per heavy atom. The standard InChI is InChI=1S/C15H31N3O/c1-7-18-10-8-12(9-11-18)17(6)13(19)14(2,3)15(4,5)16/h12H,7-11,16H2,1-6H3. The van der Waals surface area contributed by atoms with Crippen LogP contribution in [0.2, 0.25) is 0 Å². The summed E-state index contributed by atoms with van der Waals surface area (Å²) >= 11 is 0. The molecule has 19 heavy (non-hydrogen) atoms. The van der Waals surface area contributed by atoms with Crippen molar-refractivity contribution in [2.24, 2.45) is 11.1 Å². The van der Waals surface area contributed by atoms with Gasteiger partial charge in [0.25, 0.3) is 0 Å². The molecule has 0 atom stereocenters.